The van der Waals surface area contributed by atoms with Gasteiger partial charge in [0.2, 0.25) is 5.95 Å². The standard InChI is InChI=1S/C18H18ClF3N4O/c19-14-11-24-17(26-9-3-4-10-26)25-15(14)16(27)23-8-7-12-5-1-2-6-13(12)18(20,21)22/h1-2,5-6,11H,3-4,7-10H2,(H,23,27). The van der Waals surface area contributed by atoms with E-state index in [-0.39, 0.29) is 29.2 Å². The molecule has 1 aliphatic rings. The second-order valence-electron chi connectivity index (χ2n) is 6.22. The van der Waals surface area contributed by atoms with Crippen LogP contribution in [0.1, 0.15) is 34.5 Å². The van der Waals surface area contributed by atoms with Gasteiger partial charge in [0, 0.05) is 19.6 Å². The maximum absolute atomic E-state index is 13.0. The molecule has 9 heteroatoms. The van der Waals surface area contributed by atoms with Crippen LogP contribution in [0, 0.1) is 0 Å². The highest BCUT2D eigenvalue weighted by atomic mass is 35.5. The Morgan fingerprint density at radius 2 is 1.93 bits per heavy atom. The maximum atomic E-state index is 13.0. The molecular formula is C18H18ClF3N4O. The van der Waals surface area contributed by atoms with Gasteiger partial charge in [-0.05, 0) is 30.9 Å². The Morgan fingerprint density at radius 1 is 1.22 bits per heavy atom. The van der Waals surface area contributed by atoms with Crippen molar-refractivity contribution in [2.24, 2.45) is 0 Å². The minimum Gasteiger partial charge on any atom is -0.350 e. The predicted octanol–water partition coefficient (Wildman–Crippen LogP) is 3.72. The van der Waals surface area contributed by atoms with Crippen molar-refractivity contribution in [1.82, 2.24) is 15.3 Å². The van der Waals surface area contributed by atoms with Crippen LogP contribution in [0.25, 0.3) is 0 Å². The summed E-state index contributed by atoms with van der Waals surface area (Å²) in [6, 6.07) is 5.31. The number of alkyl halides is 3. The van der Waals surface area contributed by atoms with E-state index < -0.39 is 17.6 Å². The lowest BCUT2D eigenvalue weighted by Crippen LogP contribution is -2.29. The van der Waals surface area contributed by atoms with Gasteiger partial charge < -0.3 is 10.2 Å². The minimum absolute atomic E-state index is 0.0256. The van der Waals surface area contributed by atoms with E-state index >= 15 is 0 Å². The normalized spacial score (nSPS) is 14.4. The summed E-state index contributed by atoms with van der Waals surface area (Å²) in [5.41, 5.74) is -0.551. The van der Waals surface area contributed by atoms with Gasteiger partial charge in [0.25, 0.3) is 5.91 Å². The molecule has 144 valence electrons. The first kappa shape index (κ1) is 19.4. The molecule has 5 nitrogen and oxygen atoms in total. The molecule has 1 aliphatic heterocycles. The van der Waals surface area contributed by atoms with Crippen molar-refractivity contribution < 1.29 is 18.0 Å². The van der Waals surface area contributed by atoms with Crippen molar-refractivity contribution in [2.75, 3.05) is 24.5 Å². The van der Waals surface area contributed by atoms with Crippen LogP contribution >= 0.6 is 11.6 Å². The van der Waals surface area contributed by atoms with Crippen LogP contribution in [0.4, 0.5) is 19.1 Å². The molecular weight excluding hydrogens is 381 g/mol. The average Bonchev–Trinajstić information content (AvgIpc) is 3.16. The lowest BCUT2D eigenvalue weighted by Gasteiger charge is -2.16. The molecule has 1 N–H and O–H groups in total. The Balaban J connectivity index is 1.66. The van der Waals surface area contributed by atoms with Gasteiger partial charge in [-0.1, -0.05) is 29.8 Å². The van der Waals surface area contributed by atoms with Gasteiger partial charge in [0.15, 0.2) is 5.69 Å². The van der Waals surface area contributed by atoms with Gasteiger partial charge in [0.1, 0.15) is 0 Å². The van der Waals surface area contributed by atoms with Gasteiger partial charge in [0.05, 0.1) is 16.8 Å². The molecule has 1 aromatic heterocycles. The molecule has 27 heavy (non-hydrogen) atoms. The lowest BCUT2D eigenvalue weighted by atomic mass is 10.0. The van der Waals surface area contributed by atoms with Crippen molar-refractivity contribution >= 4 is 23.5 Å². The second kappa shape index (κ2) is 8.12. The molecule has 1 amide bonds. The number of carbonyl (C=O) groups is 1. The summed E-state index contributed by atoms with van der Waals surface area (Å²) in [5, 5.41) is 2.69. The van der Waals surface area contributed by atoms with Crippen LogP contribution in [-0.2, 0) is 12.6 Å². The highest BCUT2D eigenvalue weighted by molar-refractivity contribution is 6.33. The van der Waals surface area contributed by atoms with Crippen LogP contribution in [0.3, 0.4) is 0 Å². The molecule has 0 saturated carbocycles. The zero-order valence-electron chi connectivity index (χ0n) is 14.4. The third-order valence-electron chi connectivity index (χ3n) is 4.34. The topological polar surface area (TPSA) is 58.1 Å². The first-order valence-electron chi connectivity index (χ1n) is 8.57. The molecule has 2 aromatic rings. The van der Waals surface area contributed by atoms with Crippen LogP contribution in [0.2, 0.25) is 5.02 Å². The smallest absolute Gasteiger partial charge is 0.350 e. The van der Waals surface area contributed by atoms with Gasteiger partial charge >= 0.3 is 6.18 Å². The molecule has 1 fully saturated rings. The van der Waals surface area contributed by atoms with Gasteiger partial charge in [-0.3, -0.25) is 4.79 Å². The monoisotopic (exact) mass is 398 g/mol. The molecule has 0 bridgehead atoms. The van der Waals surface area contributed by atoms with E-state index in [2.05, 4.69) is 15.3 Å². The molecule has 0 radical (unpaired) electrons. The Bertz CT molecular complexity index is 822. The molecule has 1 saturated heterocycles. The number of benzene rings is 1. The third kappa shape index (κ3) is 4.68. The number of aromatic nitrogens is 2. The summed E-state index contributed by atoms with van der Waals surface area (Å²) < 4.78 is 39.1. The van der Waals surface area contributed by atoms with Gasteiger partial charge in [-0.2, -0.15) is 13.2 Å². The summed E-state index contributed by atoms with van der Waals surface area (Å²) in [6.07, 6.45) is -0.946. The minimum atomic E-state index is -4.43. The molecule has 3 rings (SSSR count). The van der Waals surface area contributed by atoms with Crippen LogP contribution < -0.4 is 10.2 Å². The number of rotatable bonds is 5. The van der Waals surface area contributed by atoms with Crippen molar-refractivity contribution in [3.8, 4) is 0 Å². The Hall–Kier alpha value is -2.35. The molecule has 1 aromatic carbocycles. The molecule has 0 unspecified atom stereocenters. The van der Waals surface area contributed by atoms with Crippen molar-refractivity contribution in [1.29, 1.82) is 0 Å². The lowest BCUT2D eigenvalue weighted by molar-refractivity contribution is -0.138. The van der Waals surface area contributed by atoms with E-state index in [1.807, 2.05) is 4.90 Å². The number of hydrogen-bond acceptors (Lipinski definition) is 4. The number of hydrogen-bond donors (Lipinski definition) is 1. The summed E-state index contributed by atoms with van der Waals surface area (Å²) in [5.74, 6) is -0.100. The Kier molecular flexibility index (Phi) is 5.84. The highest BCUT2D eigenvalue weighted by Gasteiger charge is 2.32. The largest absolute Gasteiger partial charge is 0.416 e. The molecule has 0 aliphatic carbocycles. The molecule has 0 spiro atoms. The number of halogens is 4. The molecule has 2 heterocycles. The zero-order valence-corrected chi connectivity index (χ0v) is 15.1. The number of anilines is 1. The summed E-state index contributed by atoms with van der Waals surface area (Å²) >= 11 is 6.03. The van der Waals surface area contributed by atoms with E-state index in [9.17, 15) is 18.0 Å². The highest BCUT2D eigenvalue weighted by Crippen LogP contribution is 2.31. The first-order valence-corrected chi connectivity index (χ1v) is 8.95. The number of carbonyl (C=O) groups excluding carboxylic acids is 1. The number of nitrogens with one attached hydrogen (secondary N) is 1. The predicted molar refractivity (Wildman–Crippen MR) is 96.0 cm³/mol. The molecule has 0 atom stereocenters. The van der Waals surface area contributed by atoms with E-state index in [0.717, 1.165) is 32.0 Å². The van der Waals surface area contributed by atoms with Gasteiger partial charge in [-0.15, -0.1) is 0 Å². The zero-order chi connectivity index (χ0) is 19.4. The Morgan fingerprint density at radius 3 is 2.63 bits per heavy atom. The maximum Gasteiger partial charge on any atom is 0.416 e. The summed E-state index contributed by atoms with van der Waals surface area (Å²) in [6.45, 7) is 1.67. The van der Waals surface area contributed by atoms with Crippen LogP contribution in [-0.4, -0.2) is 35.5 Å². The summed E-state index contributed by atoms with van der Waals surface area (Å²) in [4.78, 5) is 22.7. The van der Waals surface area contributed by atoms with Crippen LogP contribution in [0.5, 0.6) is 0 Å². The summed E-state index contributed by atoms with van der Waals surface area (Å²) in [7, 11) is 0. The van der Waals surface area contributed by atoms with Gasteiger partial charge in [-0.25, -0.2) is 9.97 Å². The van der Waals surface area contributed by atoms with Crippen molar-refractivity contribution in [3.63, 3.8) is 0 Å². The van der Waals surface area contributed by atoms with Crippen LogP contribution in [0.15, 0.2) is 30.5 Å². The number of amides is 1. The van der Waals surface area contributed by atoms with E-state index in [0.29, 0.717) is 5.95 Å². The fourth-order valence-electron chi connectivity index (χ4n) is 3.00. The van der Waals surface area contributed by atoms with Crippen molar-refractivity contribution in [2.45, 2.75) is 25.4 Å². The van der Waals surface area contributed by atoms with Crippen molar-refractivity contribution in [3.05, 3.63) is 52.3 Å². The van der Waals surface area contributed by atoms with E-state index in [4.69, 9.17) is 11.6 Å². The van der Waals surface area contributed by atoms with E-state index in [1.165, 1.54) is 24.4 Å². The average molecular weight is 399 g/mol. The quantitative estimate of drug-likeness (QED) is 0.834. The second-order valence-corrected chi connectivity index (χ2v) is 6.63. The Labute approximate surface area is 159 Å². The fraction of sp³-hybridized carbons (Fsp3) is 0.389. The van der Waals surface area contributed by atoms with E-state index in [1.54, 1.807) is 0 Å². The number of nitrogens with zero attached hydrogens (tertiary/aromatic N) is 3. The third-order valence-corrected chi connectivity index (χ3v) is 4.61. The first-order chi connectivity index (χ1) is 12.9. The fourth-order valence-corrected chi connectivity index (χ4v) is 3.17. The SMILES string of the molecule is O=C(NCCc1ccccc1C(F)(F)F)c1nc(N2CCCC2)ncc1Cl.